The van der Waals surface area contributed by atoms with Crippen LogP contribution in [-0.2, 0) is 14.3 Å². The molecule has 1 aliphatic rings. The Balaban J connectivity index is 2.16. The Morgan fingerprint density at radius 1 is 1.17 bits per heavy atom. The predicted molar refractivity (Wildman–Crippen MR) is 110 cm³/mol. The number of nitro groups is 1. The number of nitro benzene ring substituents is 1. The summed E-state index contributed by atoms with van der Waals surface area (Å²) in [5.41, 5.74) is 0.315. The van der Waals surface area contributed by atoms with E-state index in [1.165, 1.54) is 48.4 Å². The molecule has 1 amide bonds. The molecule has 1 N–H and O–H groups in total. The lowest BCUT2D eigenvalue weighted by Gasteiger charge is -2.25. The first kappa shape index (κ1) is 21.8. The van der Waals surface area contributed by atoms with Gasteiger partial charge in [-0.15, -0.1) is 0 Å². The van der Waals surface area contributed by atoms with Gasteiger partial charge in [0.1, 0.15) is 5.76 Å². The number of aliphatic hydroxyl groups excluding tert-OH is 1. The van der Waals surface area contributed by atoms with Crippen LogP contribution >= 0.6 is 23.2 Å². The minimum absolute atomic E-state index is 0.100. The first-order valence-electron chi connectivity index (χ1n) is 8.73. The smallest absolute Gasteiger partial charge is 0.295 e. The summed E-state index contributed by atoms with van der Waals surface area (Å²) < 4.78 is 5.04. The highest BCUT2D eigenvalue weighted by Crippen LogP contribution is 2.40. The summed E-state index contributed by atoms with van der Waals surface area (Å²) in [6.45, 7) is 0.269. The Bertz CT molecular complexity index is 1050. The lowest BCUT2D eigenvalue weighted by molar-refractivity contribution is -0.384. The number of hydrogen-bond donors (Lipinski definition) is 1. The predicted octanol–water partition coefficient (Wildman–Crippen LogP) is 3.97. The number of halogens is 2. The van der Waals surface area contributed by atoms with Crippen LogP contribution in [0, 0.1) is 10.1 Å². The quantitative estimate of drug-likeness (QED) is 0.234. The third-order valence-corrected chi connectivity index (χ3v) is 5.43. The molecule has 2 aromatic rings. The summed E-state index contributed by atoms with van der Waals surface area (Å²) in [5, 5.41) is 22.2. The maximum absolute atomic E-state index is 12.8. The van der Waals surface area contributed by atoms with Crippen molar-refractivity contribution in [2.75, 3.05) is 20.3 Å². The van der Waals surface area contributed by atoms with Crippen LogP contribution in [0.2, 0.25) is 10.0 Å². The molecule has 0 aromatic heterocycles. The van der Waals surface area contributed by atoms with E-state index in [-0.39, 0.29) is 35.0 Å². The molecule has 1 atom stereocenters. The molecule has 1 heterocycles. The van der Waals surface area contributed by atoms with Gasteiger partial charge >= 0.3 is 0 Å². The van der Waals surface area contributed by atoms with Crippen molar-refractivity contribution >= 4 is 46.3 Å². The van der Waals surface area contributed by atoms with Gasteiger partial charge in [-0.25, -0.2) is 0 Å². The number of amides is 1. The monoisotopic (exact) mass is 450 g/mol. The van der Waals surface area contributed by atoms with Crippen molar-refractivity contribution in [2.24, 2.45) is 0 Å². The molecule has 2 aromatic carbocycles. The van der Waals surface area contributed by atoms with Crippen molar-refractivity contribution in [3.8, 4) is 0 Å². The number of Topliss-reactive ketones (excluding diaryl/α,β-unsaturated/α-hetero) is 1. The van der Waals surface area contributed by atoms with E-state index in [0.29, 0.717) is 10.6 Å². The van der Waals surface area contributed by atoms with Crippen molar-refractivity contribution in [3.05, 3.63) is 79.3 Å². The summed E-state index contributed by atoms with van der Waals surface area (Å²) in [7, 11) is 1.46. The van der Waals surface area contributed by atoms with Crippen LogP contribution in [0.25, 0.3) is 5.76 Å². The number of nitrogens with zero attached hydrogens (tertiary/aromatic N) is 2. The van der Waals surface area contributed by atoms with Gasteiger partial charge in [0.05, 0.1) is 33.2 Å². The van der Waals surface area contributed by atoms with E-state index >= 15 is 0 Å². The molecule has 0 bridgehead atoms. The Labute approximate surface area is 181 Å². The van der Waals surface area contributed by atoms with Gasteiger partial charge in [-0.1, -0.05) is 29.3 Å². The number of non-ortho nitro benzene ring substituents is 1. The standard InChI is InChI=1S/C20H16Cl2N2O6/c1-30-9-8-23-17(12-4-7-14(21)15(22)10-12)16(19(26)20(23)27)18(25)11-2-5-13(6-3-11)24(28)29/h2-7,10,17,25H,8-9H2,1H3/b18-16-. The second-order valence-corrected chi connectivity index (χ2v) is 7.28. The number of hydrogen-bond acceptors (Lipinski definition) is 6. The van der Waals surface area contributed by atoms with Crippen LogP contribution < -0.4 is 0 Å². The Hall–Kier alpha value is -2.94. The van der Waals surface area contributed by atoms with Crippen molar-refractivity contribution in [2.45, 2.75) is 6.04 Å². The van der Waals surface area contributed by atoms with Crippen molar-refractivity contribution < 1.29 is 24.4 Å². The number of carbonyl (C=O) groups is 2. The fourth-order valence-corrected chi connectivity index (χ4v) is 3.53. The van der Waals surface area contributed by atoms with Gasteiger partial charge in [-0.2, -0.15) is 0 Å². The molecule has 1 fully saturated rings. The molecule has 1 saturated heterocycles. The molecule has 30 heavy (non-hydrogen) atoms. The summed E-state index contributed by atoms with van der Waals surface area (Å²) in [4.78, 5) is 37.0. The summed E-state index contributed by atoms with van der Waals surface area (Å²) in [5.74, 6) is -2.12. The summed E-state index contributed by atoms with van der Waals surface area (Å²) in [6, 6.07) is 8.74. The van der Waals surface area contributed by atoms with E-state index in [0.717, 1.165) is 0 Å². The average Bonchev–Trinajstić information content (AvgIpc) is 2.98. The number of likely N-dealkylation sites (tertiary alicyclic amines) is 1. The zero-order valence-corrected chi connectivity index (χ0v) is 17.2. The Kier molecular flexibility index (Phi) is 6.40. The third-order valence-electron chi connectivity index (χ3n) is 4.69. The molecule has 156 valence electrons. The van der Waals surface area contributed by atoms with E-state index in [9.17, 15) is 24.8 Å². The highest BCUT2D eigenvalue weighted by Gasteiger charge is 2.46. The van der Waals surface area contributed by atoms with Crippen molar-refractivity contribution in [3.63, 3.8) is 0 Å². The molecular formula is C20H16Cl2N2O6. The maximum atomic E-state index is 12.8. The van der Waals surface area contributed by atoms with Gasteiger partial charge < -0.3 is 14.7 Å². The van der Waals surface area contributed by atoms with Gasteiger partial charge in [-0.3, -0.25) is 19.7 Å². The minimum Gasteiger partial charge on any atom is -0.507 e. The number of ketones is 1. The molecule has 0 aliphatic carbocycles. The maximum Gasteiger partial charge on any atom is 0.295 e. The highest BCUT2D eigenvalue weighted by molar-refractivity contribution is 6.46. The second-order valence-electron chi connectivity index (χ2n) is 6.46. The van der Waals surface area contributed by atoms with Crippen LogP contribution in [0.5, 0.6) is 0 Å². The number of rotatable bonds is 6. The lowest BCUT2D eigenvalue weighted by Crippen LogP contribution is -2.32. The first-order chi connectivity index (χ1) is 14.3. The van der Waals surface area contributed by atoms with Crippen LogP contribution in [0.4, 0.5) is 5.69 Å². The Morgan fingerprint density at radius 2 is 1.83 bits per heavy atom. The molecule has 10 heteroatoms. The van der Waals surface area contributed by atoms with Gasteiger partial charge in [0.25, 0.3) is 17.4 Å². The Morgan fingerprint density at radius 3 is 2.40 bits per heavy atom. The molecule has 8 nitrogen and oxygen atoms in total. The van der Waals surface area contributed by atoms with E-state index in [2.05, 4.69) is 0 Å². The van der Waals surface area contributed by atoms with Crippen molar-refractivity contribution in [1.29, 1.82) is 0 Å². The molecule has 0 radical (unpaired) electrons. The van der Waals surface area contributed by atoms with Crippen molar-refractivity contribution in [1.82, 2.24) is 4.90 Å². The lowest BCUT2D eigenvalue weighted by atomic mass is 9.95. The largest absolute Gasteiger partial charge is 0.507 e. The van der Waals surface area contributed by atoms with Gasteiger partial charge in [0, 0.05) is 31.4 Å². The zero-order valence-electron chi connectivity index (χ0n) is 15.7. The molecule has 0 saturated carbocycles. The fourth-order valence-electron chi connectivity index (χ4n) is 3.23. The minimum atomic E-state index is -0.926. The highest BCUT2D eigenvalue weighted by atomic mass is 35.5. The summed E-state index contributed by atoms with van der Waals surface area (Å²) in [6.07, 6.45) is 0. The molecule has 3 rings (SSSR count). The van der Waals surface area contributed by atoms with E-state index < -0.39 is 28.4 Å². The van der Waals surface area contributed by atoms with Crippen LogP contribution in [-0.4, -0.2) is 46.9 Å². The summed E-state index contributed by atoms with van der Waals surface area (Å²) >= 11 is 12.1. The van der Waals surface area contributed by atoms with Gasteiger partial charge in [0.15, 0.2) is 0 Å². The van der Waals surface area contributed by atoms with Crippen LogP contribution in [0.3, 0.4) is 0 Å². The second kappa shape index (κ2) is 8.83. The number of carbonyl (C=O) groups excluding carboxylic acids is 2. The number of benzene rings is 2. The molecule has 0 spiro atoms. The zero-order chi connectivity index (χ0) is 22.0. The van der Waals surface area contributed by atoms with Crippen LogP contribution in [0.1, 0.15) is 17.2 Å². The van der Waals surface area contributed by atoms with E-state index in [1.54, 1.807) is 6.07 Å². The van der Waals surface area contributed by atoms with E-state index in [1.807, 2.05) is 0 Å². The molecule has 1 aliphatic heterocycles. The average molecular weight is 451 g/mol. The third kappa shape index (κ3) is 4.02. The first-order valence-corrected chi connectivity index (χ1v) is 9.49. The topological polar surface area (TPSA) is 110 Å². The molecule has 1 unspecified atom stereocenters. The SMILES string of the molecule is COCCN1C(=O)C(=O)/C(=C(\O)c2ccc([N+](=O)[O-])cc2)C1c1ccc(Cl)c(Cl)c1. The number of ether oxygens (including phenoxy) is 1. The number of methoxy groups -OCH3 is 1. The molecular weight excluding hydrogens is 435 g/mol. The number of aliphatic hydroxyl groups is 1. The normalized spacial score (nSPS) is 18.1. The fraction of sp³-hybridized carbons (Fsp3) is 0.200. The van der Waals surface area contributed by atoms with Crippen LogP contribution in [0.15, 0.2) is 48.0 Å². The van der Waals surface area contributed by atoms with Gasteiger partial charge in [0.2, 0.25) is 0 Å². The van der Waals surface area contributed by atoms with E-state index in [4.69, 9.17) is 27.9 Å². The van der Waals surface area contributed by atoms with Gasteiger partial charge in [-0.05, 0) is 29.8 Å².